The number of nitriles is 1. The van der Waals surface area contributed by atoms with Crippen LogP contribution in [0.5, 0.6) is 0 Å². The zero-order valence-corrected chi connectivity index (χ0v) is 15.1. The number of hydrogen-bond donors (Lipinski definition) is 2. The number of amides is 1. The normalized spacial score (nSPS) is 15.8. The Balaban J connectivity index is 1.68. The highest BCUT2D eigenvalue weighted by molar-refractivity contribution is 5.95. The van der Waals surface area contributed by atoms with Gasteiger partial charge in [-0.25, -0.2) is 0 Å². The predicted octanol–water partition coefficient (Wildman–Crippen LogP) is 3.49. The van der Waals surface area contributed by atoms with Gasteiger partial charge in [0, 0.05) is 24.4 Å². The molecular formula is C21H21N3O3. The molecule has 1 unspecified atom stereocenters. The maximum atomic E-state index is 12.2. The average Bonchev–Trinajstić information content (AvgIpc) is 3.21. The molecule has 1 atom stereocenters. The summed E-state index contributed by atoms with van der Waals surface area (Å²) in [7, 11) is 0. The first-order valence-electron chi connectivity index (χ1n) is 8.87. The number of nitrogens with zero attached hydrogens (tertiary/aromatic N) is 1. The number of Topliss-reactive ketones (excluding diaryl/α,β-unsaturated/α-hetero) is 1. The van der Waals surface area contributed by atoms with Gasteiger partial charge in [-0.1, -0.05) is 12.1 Å². The molecule has 3 rings (SSSR count). The van der Waals surface area contributed by atoms with Crippen LogP contribution in [0.25, 0.3) is 0 Å². The van der Waals surface area contributed by atoms with Crippen LogP contribution in [0.1, 0.15) is 41.3 Å². The van der Waals surface area contributed by atoms with Crippen LogP contribution in [-0.4, -0.2) is 24.4 Å². The molecule has 1 aliphatic rings. The van der Waals surface area contributed by atoms with Gasteiger partial charge in [-0.2, -0.15) is 5.26 Å². The van der Waals surface area contributed by atoms with E-state index in [1.165, 1.54) is 6.92 Å². The van der Waals surface area contributed by atoms with E-state index < -0.39 is 0 Å². The highest BCUT2D eigenvalue weighted by Crippen LogP contribution is 2.20. The number of ether oxygens (including phenoxy) is 1. The fraction of sp³-hybridized carbons (Fsp3) is 0.286. The van der Waals surface area contributed by atoms with Crippen molar-refractivity contribution in [3.8, 4) is 6.07 Å². The van der Waals surface area contributed by atoms with Gasteiger partial charge in [-0.15, -0.1) is 0 Å². The van der Waals surface area contributed by atoms with Crippen LogP contribution in [0.4, 0.5) is 11.4 Å². The molecule has 1 saturated heterocycles. The lowest BCUT2D eigenvalue weighted by Crippen LogP contribution is -2.26. The van der Waals surface area contributed by atoms with Gasteiger partial charge >= 0.3 is 0 Å². The zero-order valence-electron chi connectivity index (χ0n) is 15.1. The minimum absolute atomic E-state index is 0.0543. The molecule has 0 saturated carbocycles. The highest BCUT2D eigenvalue weighted by Gasteiger charge is 2.23. The van der Waals surface area contributed by atoms with Crippen molar-refractivity contribution in [3.63, 3.8) is 0 Å². The summed E-state index contributed by atoms with van der Waals surface area (Å²) in [6, 6.07) is 14.6. The summed E-state index contributed by atoms with van der Waals surface area (Å²) in [5, 5.41) is 15.3. The monoisotopic (exact) mass is 363 g/mol. The Labute approximate surface area is 158 Å². The fourth-order valence-electron chi connectivity index (χ4n) is 2.97. The molecule has 1 aliphatic heterocycles. The molecule has 1 fully saturated rings. The first-order chi connectivity index (χ1) is 13.1. The van der Waals surface area contributed by atoms with E-state index in [2.05, 4.69) is 16.7 Å². The van der Waals surface area contributed by atoms with Crippen LogP contribution < -0.4 is 10.6 Å². The molecule has 6 nitrogen and oxygen atoms in total. The molecule has 0 aromatic heterocycles. The Morgan fingerprint density at radius 3 is 2.81 bits per heavy atom. The topological polar surface area (TPSA) is 91.2 Å². The Morgan fingerprint density at radius 2 is 2.11 bits per heavy atom. The first-order valence-corrected chi connectivity index (χ1v) is 8.87. The maximum absolute atomic E-state index is 12.2. The molecule has 0 spiro atoms. The second-order valence-corrected chi connectivity index (χ2v) is 6.47. The van der Waals surface area contributed by atoms with Crippen molar-refractivity contribution >= 4 is 23.1 Å². The predicted molar refractivity (Wildman–Crippen MR) is 103 cm³/mol. The van der Waals surface area contributed by atoms with Gasteiger partial charge in [0.05, 0.1) is 11.3 Å². The van der Waals surface area contributed by atoms with Crippen LogP contribution >= 0.6 is 0 Å². The van der Waals surface area contributed by atoms with Gasteiger partial charge in [-0.3, -0.25) is 9.59 Å². The van der Waals surface area contributed by atoms with Gasteiger partial charge in [-0.05, 0) is 55.7 Å². The van der Waals surface area contributed by atoms with Gasteiger partial charge in [0.1, 0.15) is 12.2 Å². The minimum atomic E-state index is -0.376. The quantitative estimate of drug-likeness (QED) is 0.767. The molecule has 2 N–H and O–H groups in total. The van der Waals surface area contributed by atoms with Crippen molar-refractivity contribution in [2.45, 2.75) is 32.4 Å². The van der Waals surface area contributed by atoms with Crippen LogP contribution in [0.3, 0.4) is 0 Å². The summed E-state index contributed by atoms with van der Waals surface area (Å²) in [4.78, 5) is 23.7. The summed E-state index contributed by atoms with van der Waals surface area (Å²) in [5.41, 5.74) is 3.28. The summed E-state index contributed by atoms with van der Waals surface area (Å²) in [6.07, 6.45) is 1.28. The molecular weight excluding hydrogens is 342 g/mol. The molecule has 2 aromatic carbocycles. The third-order valence-electron chi connectivity index (χ3n) is 4.45. The number of rotatable bonds is 6. The Kier molecular flexibility index (Phi) is 5.84. The van der Waals surface area contributed by atoms with Gasteiger partial charge in [0.2, 0.25) is 0 Å². The highest BCUT2D eigenvalue weighted by atomic mass is 16.5. The van der Waals surface area contributed by atoms with Crippen molar-refractivity contribution in [2.24, 2.45) is 0 Å². The van der Waals surface area contributed by atoms with E-state index in [4.69, 9.17) is 4.74 Å². The van der Waals surface area contributed by atoms with E-state index in [-0.39, 0.29) is 17.8 Å². The largest absolute Gasteiger partial charge is 0.380 e. The standard InChI is InChI=1S/C21H21N3O3/c1-14(25)16-7-8-17(12-22)19(11-16)23-13-15-4-2-5-18(10-15)24-21(26)20-6-3-9-27-20/h2,4-5,7-8,10-11,20,23H,3,6,9,13H2,1H3,(H,24,26). The van der Waals surface area contributed by atoms with Crippen molar-refractivity contribution in [2.75, 3.05) is 17.2 Å². The Bertz CT molecular complexity index is 896. The van der Waals surface area contributed by atoms with Crippen LogP contribution in [0, 0.1) is 11.3 Å². The third kappa shape index (κ3) is 4.72. The second-order valence-electron chi connectivity index (χ2n) is 6.47. The fourth-order valence-corrected chi connectivity index (χ4v) is 2.97. The molecule has 27 heavy (non-hydrogen) atoms. The van der Waals surface area contributed by atoms with Crippen molar-refractivity contribution in [3.05, 3.63) is 59.2 Å². The van der Waals surface area contributed by atoms with E-state index >= 15 is 0 Å². The smallest absolute Gasteiger partial charge is 0.253 e. The molecule has 1 amide bonds. The molecule has 0 aliphatic carbocycles. The van der Waals surface area contributed by atoms with E-state index in [1.807, 2.05) is 24.3 Å². The van der Waals surface area contributed by atoms with Gasteiger partial charge < -0.3 is 15.4 Å². The van der Waals surface area contributed by atoms with Gasteiger partial charge in [0.15, 0.2) is 5.78 Å². The number of nitrogens with one attached hydrogen (secondary N) is 2. The van der Waals surface area contributed by atoms with Crippen molar-refractivity contribution in [1.82, 2.24) is 0 Å². The maximum Gasteiger partial charge on any atom is 0.253 e. The zero-order chi connectivity index (χ0) is 19.2. The number of carbonyl (C=O) groups is 2. The van der Waals surface area contributed by atoms with Crippen molar-refractivity contribution < 1.29 is 14.3 Å². The number of carbonyl (C=O) groups excluding carboxylic acids is 2. The summed E-state index contributed by atoms with van der Waals surface area (Å²) >= 11 is 0. The lowest BCUT2D eigenvalue weighted by molar-refractivity contribution is -0.124. The molecule has 138 valence electrons. The molecule has 0 bridgehead atoms. The van der Waals surface area contributed by atoms with Crippen LogP contribution in [0.15, 0.2) is 42.5 Å². The van der Waals surface area contributed by atoms with E-state index in [9.17, 15) is 14.9 Å². The lowest BCUT2D eigenvalue weighted by Gasteiger charge is -2.13. The van der Waals surface area contributed by atoms with Gasteiger partial charge in [0.25, 0.3) is 5.91 Å². The average molecular weight is 363 g/mol. The molecule has 1 heterocycles. The number of ketones is 1. The summed E-state index contributed by atoms with van der Waals surface area (Å²) in [5.74, 6) is -0.181. The third-order valence-corrected chi connectivity index (χ3v) is 4.45. The van der Waals surface area contributed by atoms with Crippen LogP contribution in [0.2, 0.25) is 0 Å². The summed E-state index contributed by atoms with van der Waals surface area (Å²) < 4.78 is 5.40. The number of benzene rings is 2. The second kappa shape index (κ2) is 8.47. The number of hydrogen-bond acceptors (Lipinski definition) is 5. The molecule has 0 radical (unpaired) electrons. The van der Waals surface area contributed by atoms with E-state index in [0.29, 0.717) is 35.7 Å². The molecule has 2 aromatic rings. The minimum Gasteiger partial charge on any atom is -0.380 e. The van der Waals surface area contributed by atoms with E-state index in [0.717, 1.165) is 18.4 Å². The van der Waals surface area contributed by atoms with Crippen molar-refractivity contribution in [1.29, 1.82) is 5.26 Å². The summed E-state index contributed by atoms with van der Waals surface area (Å²) in [6.45, 7) is 2.58. The van der Waals surface area contributed by atoms with Crippen LogP contribution in [-0.2, 0) is 16.1 Å². The SMILES string of the molecule is CC(=O)c1ccc(C#N)c(NCc2cccc(NC(=O)C3CCCO3)c2)c1. The molecule has 6 heteroatoms. The first kappa shape index (κ1) is 18.6. The Morgan fingerprint density at radius 1 is 1.26 bits per heavy atom. The van der Waals surface area contributed by atoms with E-state index in [1.54, 1.807) is 18.2 Å². The number of anilines is 2. The Hall–Kier alpha value is -3.17. The lowest BCUT2D eigenvalue weighted by atomic mass is 10.1.